The maximum Gasteiger partial charge on any atom is 0.119 e. The van der Waals surface area contributed by atoms with Gasteiger partial charge in [-0.3, -0.25) is 0 Å². The molecule has 0 saturated heterocycles. The Morgan fingerprint density at radius 3 is 2.25 bits per heavy atom. The molecule has 4 heteroatoms. The summed E-state index contributed by atoms with van der Waals surface area (Å²) in [7, 11) is 0. The summed E-state index contributed by atoms with van der Waals surface area (Å²) in [6, 6.07) is 7.79. The molecule has 1 atom stereocenters. The minimum Gasteiger partial charge on any atom is -0.491 e. The molecular weight excluding hydrogens is 268 g/mol. The van der Waals surface area contributed by atoms with Gasteiger partial charge in [-0.1, -0.05) is 26.0 Å². The van der Waals surface area contributed by atoms with Crippen LogP contribution in [0.4, 0.5) is 0 Å². The van der Waals surface area contributed by atoms with Crippen LogP contribution in [-0.2, 0) is 0 Å². The van der Waals surface area contributed by atoms with E-state index in [2.05, 4.69) is 24.2 Å². The molecule has 1 unspecified atom stereocenters. The van der Waals surface area contributed by atoms with Gasteiger partial charge >= 0.3 is 0 Å². The number of ether oxygens (including phenoxy) is 1. The minimum absolute atomic E-state index is 0.166. The first-order chi connectivity index (χ1) is 9.47. The Hall–Kier alpha value is -1.39. The highest BCUT2D eigenvalue weighted by atomic mass is 32.1. The topological polar surface area (TPSA) is 48.1 Å². The Bertz CT molecular complexity index is 546. The second-order valence-electron chi connectivity index (χ2n) is 5.48. The molecule has 3 nitrogen and oxygen atoms in total. The van der Waals surface area contributed by atoms with Gasteiger partial charge in [0.25, 0.3) is 0 Å². The maximum absolute atomic E-state index is 6.29. The van der Waals surface area contributed by atoms with E-state index in [9.17, 15) is 0 Å². The zero-order chi connectivity index (χ0) is 14.7. The minimum atomic E-state index is -0.166. The van der Waals surface area contributed by atoms with Crippen molar-refractivity contribution in [1.82, 2.24) is 4.98 Å². The summed E-state index contributed by atoms with van der Waals surface area (Å²) >= 11 is 1.63. The Balaban J connectivity index is 2.13. The monoisotopic (exact) mass is 290 g/mol. The summed E-state index contributed by atoms with van der Waals surface area (Å²) in [6.07, 6.45) is 0.182. The highest BCUT2D eigenvalue weighted by molar-refractivity contribution is 7.09. The van der Waals surface area contributed by atoms with Gasteiger partial charge in [-0.05, 0) is 37.5 Å². The van der Waals surface area contributed by atoms with Crippen molar-refractivity contribution in [2.45, 2.75) is 45.8 Å². The second-order valence-corrected chi connectivity index (χ2v) is 6.37. The maximum atomic E-state index is 6.29. The van der Waals surface area contributed by atoms with Crippen molar-refractivity contribution in [3.05, 3.63) is 45.9 Å². The first-order valence-electron chi connectivity index (χ1n) is 6.95. The first kappa shape index (κ1) is 15.0. The summed E-state index contributed by atoms with van der Waals surface area (Å²) < 4.78 is 5.64. The van der Waals surface area contributed by atoms with Crippen molar-refractivity contribution in [1.29, 1.82) is 0 Å². The molecule has 2 rings (SSSR count). The highest BCUT2D eigenvalue weighted by Gasteiger charge is 2.14. The number of hydrogen-bond acceptors (Lipinski definition) is 4. The molecule has 0 bridgehead atoms. The zero-order valence-corrected chi connectivity index (χ0v) is 13.3. The van der Waals surface area contributed by atoms with E-state index in [0.717, 1.165) is 22.0 Å². The number of rotatable bonds is 5. The number of nitrogens with two attached hydrogens (primary N) is 1. The van der Waals surface area contributed by atoms with Gasteiger partial charge in [0.05, 0.1) is 17.8 Å². The van der Waals surface area contributed by atoms with Crippen molar-refractivity contribution in [2.75, 3.05) is 0 Å². The van der Waals surface area contributed by atoms with Crippen molar-refractivity contribution in [3.8, 4) is 5.75 Å². The van der Waals surface area contributed by atoms with E-state index in [1.54, 1.807) is 11.3 Å². The number of thiazole rings is 1. The van der Waals surface area contributed by atoms with Crippen molar-refractivity contribution in [2.24, 2.45) is 5.73 Å². The van der Waals surface area contributed by atoms with Crippen LogP contribution < -0.4 is 10.5 Å². The molecule has 0 fully saturated rings. The van der Waals surface area contributed by atoms with Crippen molar-refractivity contribution < 1.29 is 4.74 Å². The molecule has 0 radical (unpaired) electrons. The van der Waals surface area contributed by atoms with Crippen LogP contribution in [0.25, 0.3) is 0 Å². The number of nitrogens with zero attached hydrogens (tertiary/aromatic N) is 1. The van der Waals surface area contributed by atoms with E-state index in [4.69, 9.17) is 10.5 Å². The highest BCUT2D eigenvalue weighted by Crippen LogP contribution is 2.27. The lowest BCUT2D eigenvalue weighted by Crippen LogP contribution is -2.12. The predicted molar refractivity (Wildman–Crippen MR) is 84.4 cm³/mol. The van der Waals surface area contributed by atoms with Crippen LogP contribution >= 0.6 is 11.3 Å². The molecule has 0 aliphatic heterocycles. The van der Waals surface area contributed by atoms with Gasteiger partial charge in [-0.2, -0.15) is 0 Å². The van der Waals surface area contributed by atoms with Gasteiger partial charge in [-0.25, -0.2) is 4.98 Å². The SMILES string of the molecule is CC(C)Oc1ccc(C(N)c2nc(C(C)C)cs2)cc1. The molecule has 0 spiro atoms. The third-order valence-electron chi connectivity index (χ3n) is 3.01. The van der Waals surface area contributed by atoms with Crippen LogP contribution in [0.5, 0.6) is 5.75 Å². The lowest BCUT2D eigenvalue weighted by Gasteiger charge is -2.12. The van der Waals surface area contributed by atoms with E-state index in [1.807, 2.05) is 38.1 Å². The molecule has 0 saturated carbocycles. The Morgan fingerprint density at radius 1 is 1.10 bits per heavy atom. The second kappa shape index (κ2) is 6.37. The van der Waals surface area contributed by atoms with Gasteiger partial charge < -0.3 is 10.5 Å². The molecule has 1 aromatic heterocycles. The van der Waals surface area contributed by atoms with Gasteiger partial charge in [-0.15, -0.1) is 11.3 Å². The fourth-order valence-corrected chi connectivity index (χ4v) is 2.88. The predicted octanol–water partition coefficient (Wildman–Crippen LogP) is 4.10. The number of aromatic nitrogens is 1. The Kier molecular flexibility index (Phi) is 4.78. The smallest absolute Gasteiger partial charge is 0.119 e. The summed E-state index contributed by atoms with van der Waals surface area (Å²) in [5.74, 6) is 1.31. The molecule has 0 aliphatic carbocycles. The molecule has 1 aromatic carbocycles. The summed E-state index contributed by atoms with van der Waals surface area (Å²) in [4.78, 5) is 4.62. The van der Waals surface area contributed by atoms with Crippen molar-refractivity contribution >= 4 is 11.3 Å². The van der Waals surface area contributed by atoms with Crippen LogP contribution in [0.1, 0.15) is 55.9 Å². The summed E-state index contributed by atoms with van der Waals surface area (Å²) in [6.45, 7) is 8.32. The molecule has 0 amide bonds. The number of benzene rings is 1. The largest absolute Gasteiger partial charge is 0.491 e. The number of hydrogen-bond donors (Lipinski definition) is 1. The van der Waals surface area contributed by atoms with Gasteiger partial charge in [0.15, 0.2) is 0 Å². The normalized spacial score (nSPS) is 12.9. The van der Waals surface area contributed by atoms with E-state index in [-0.39, 0.29) is 12.1 Å². The van der Waals surface area contributed by atoms with Crippen LogP contribution in [0.15, 0.2) is 29.6 Å². The quantitative estimate of drug-likeness (QED) is 0.901. The van der Waals surface area contributed by atoms with Crippen LogP contribution in [0.3, 0.4) is 0 Å². The van der Waals surface area contributed by atoms with E-state index >= 15 is 0 Å². The molecule has 1 heterocycles. The fraction of sp³-hybridized carbons (Fsp3) is 0.438. The van der Waals surface area contributed by atoms with Crippen LogP contribution in [0.2, 0.25) is 0 Å². The van der Waals surface area contributed by atoms with Gasteiger partial charge in [0, 0.05) is 5.38 Å². The first-order valence-corrected chi connectivity index (χ1v) is 7.83. The van der Waals surface area contributed by atoms with E-state index in [0.29, 0.717) is 5.92 Å². The summed E-state index contributed by atoms with van der Waals surface area (Å²) in [5, 5.41) is 3.06. The molecular formula is C16H22N2OS. The lowest BCUT2D eigenvalue weighted by atomic mass is 10.1. The third kappa shape index (κ3) is 3.58. The Labute approximate surface area is 124 Å². The van der Waals surface area contributed by atoms with Gasteiger partial charge in [0.1, 0.15) is 10.8 Å². The van der Waals surface area contributed by atoms with E-state index < -0.39 is 0 Å². The molecule has 2 N–H and O–H groups in total. The zero-order valence-electron chi connectivity index (χ0n) is 12.5. The van der Waals surface area contributed by atoms with Crippen molar-refractivity contribution in [3.63, 3.8) is 0 Å². The Morgan fingerprint density at radius 2 is 1.75 bits per heavy atom. The van der Waals surface area contributed by atoms with Crippen LogP contribution in [-0.4, -0.2) is 11.1 Å². The molecule has 108 valence electrons. The third-order valence-corrected chi connectivity index (χ3v) is 3.95. The molecule has 0 aliphatic rings. The average Bonchev–Trinajstić information content (AvgIpc) is 2.88. The van der Waals surface area contributed by atoms with E-state index in [1.165, 1.54) is 0 Å². The standard InChI is InChI=1S/C16H22N2OS/c1-10(2)14-9-20-16(18-14)15(17)12-5-7-13(8-6-12)19-11(3)4/h5-11,15H,17H2,1-4H3. The fourth-order valence-electron chi connectivity index (χ4n) is 1.88. The van der Waals surface area contributed by atoms with Crippen LogP contribution in [0, 0.1) is 0 Å². The molecule has 2 aromatic rings. The summed E-state index contributed by atoms with van der Waals surface area (Å²) in [5.41, 5.74) is 8.46. The molecule has 20 heavy (non-hydrogen) atoms. The van der Waals surface area contributed by atoms with Gasteiger partial charge in [0.2, 0.25) is 0 Å². The lowest BCUT2D eigenvalue weighted by molar-refractivity contribution is 0.242. The average molecular weight is 290 g/mol.